The molecule has 0 radical (unpaired) electrons. The second-order valence-corrected chi connectivity index (χ2v) is 9.12. The maximum absolute atomic E-state index is 13.7. The van der Waals surface area contributed by atoms with Gasteiger partial charge in [0, 0.05) is 18.1 Å². The molecule has 0 fully saturated rings. The molecule has 0 aliphatic carbocycles. The number of nitrogens with zero attached hydrogens (tertiary/aromatic N) is 3. The van der Waals surface area contributed by atoms with E-state index < -0.39 is 6.04 Å². The van der Waals surface area contributed by atoms with Crippen LogP contribution in [0.2, 0.25) is 0 Å². The lowest BCUT2D eigenvalue weighted by Gasteiger charge is -2.25. The van der Waals surface area contributed by atoms with Gasteiger partial charge in [-0.3, -0.25) is 19.1 Å². The Morgan fingerprint density at radius 1 is 1.14 bits per heavy atom. The van der Waals surface area contributed by atoms with Crippen molar-refractivity contribution in [3.05, 3.63) is 115 Å². The summed E-state index contributed by atoms with van der Waals surface area (Å²) in [5, 5.41) is 13.1. The smallest absolute Gasteiger partial charge is 0.271 e. The lowest BCUT2D eigenvalue weighted by Crippen LogP contribution is -2.40. The summed E-state index contributed by atoms with van der Waals surface area (Å²) < 4.78 is 7.31. The molecule has 180 valence electrons. The van der Waals surface area contributed by atoms with Gasteiger partial charge in [-0.25, -0.2) is 4.99 Å². The summed E-state index contributed by atoms with van der Waals surface area (Å²) in [6, 6.07) is 16.7. The molecule has 1 aliphatic rings. The van der Waals surface area contributed by atoms with Gasteiger partial charge in [0.05, 0.1) is 29.0 Å². The van der Waals surface area contributed by atoms with Crippen molar-refractivity contribution in [2.75, 3.05) is 12.4 Å². The molecule has 9 heteroatoms. The highest BCUT2D eigenvalue weighted by Crippen LogP contribution is 2.35. The Balaban J connectivity index is 1.71. The number of hydrogen-bond acceptors (Lipinski definition) is 7. The van der Waals surface area contributed by atoms with Crippen LogP contribution < -0.4 is 24.9 Å². The number of thiazole rings is 1. The molecule has 2 N–H and O–H groups in total. The summed E-state index contributed by atoms with van der Waals surface area (Å²) in [7, 11) is 1.45. The molecule has 36 heavy (non-hydrogen) atoms. The first-order chi connectivity index (χ1) is 17.5. The number of rotatable bonds is 5. The first-order valence-electron chi connectivity index (χ1n) is 11.1. The van der Waals surface area contributed by atoms with Crippen LogP contribution in [0, 0.1) is 0 Å². The van der Waals surface area contributed by atoms with E-state index in [9.17, 15) is 14.7 Å². The number of ether oxygens (including phenoxy) is 1. The summed E-state index contributed by atoms with van der Waals surface area (Å²) in [6.45, 7) is 1.75. The van der Waals surface area contributed by atoms with Crippen LogP contribution in [0.25, 0.3) is 6.08 Å². The predicted octanol–water partition coefficient (Wildman–Crippen LogP) is 2.98. The summed E-state index contributed by atoms with van der Waals surface area (Å²) in [4.78, 5) is 36.4. The van der Waals surface area contributed by atoms with E-state index in [2.05, 4.69) is 15.3 Å². The Hall–Kier alpha value is -4.50. The van der Waals surface area contributed by atoms with Gasteiger partial charge in [-0.05, 0) is 60.5 Å². The molecular weight excluding hydrogens is 476 g/mol. The molecule has 1 amide bonds. The summed E-state index contributed by atoms with van der Waals surface area (Å²) in [6.07, 6.45) is 5.10. The van der Waals surface area contributed by atoms with Crippen LogP contribution in [0.1, 0.15) is 24.1 Å². The van der Waals surface area contributed by atoms with Crippen LogP contribution in [0.4, 0.5) is 5.69 Å². The monoisotopic (exact) mass is 498 g/mol. The number of carbonyl (C=O) groups excluding carboxylic acids is 1. The number of benzene rings is 2. The number of aromatic hydroxyl groups is 1. The Morgan fingerprint density at radius 3 is 2.61 bits per heavy atom. The number of methoxy groups -OCH3 is 1. The van der Waals surface area contributed by atoms with Crippen molar-refractivity contribution in [3.63, 3.8) is 0 Å². The van der Waals surface area contributed by atoms with E-state index in [0.717, 1.165) is 5.56 Å². The zero-order valence-corrected chi connectivity index (χ0v) is 20.3. The highest BCUT2D eigenvalue weighted by atomic mass is 32.1. The second kappa shape index (κ2) is 9.63. The number of aromatic nitrogens is 2. The van der Waals surface area contributed by atoms with Gasteiger partial charge in [0.2, 0.25) is 0 Å². The first-order valence-corrected chi connectivity index (χ1v) is 11.9. The molecule has 4 aromatic rings. The number of pyridine rings is 1. The zero-order valence-electron chi connectivity index (χ0n) is 19.5. The first kappa shape index (κ1) is 23.3. The molecule has 5 rings (SSSR count). The molecule has 0 bridgehead atoms. The van der Waals surface area contributed by atoms with E-state index >= 15 is 0 Å². The summed E-state index contributed by atoms with van der Waals surface area (Å²) in [5.74, 6) is -0.172. The zero-order chi connectivity index (χ0) is 25.2. The molecule has 2 aromatic heterocycles. The van der Waals surface area contributed by atoms with Crippen LogP contribution in [-0.2, 0) is 4.79 Å². The predicted molar refractivity (Wildman–Crippen MR) is 138 cm³/mol. The number of phenols is 1. The third-order valence-corrected chi connectivity index (χ3v) is 6.80. The molecule has 0 saturated carbocycles. The molecule has 0 unspecified atom stereocenters. The van der Waals surface area contributed by atoms with Gasteiger partial charge in [0.15, 0.2) is 16.3 Å². The van der Waals surface area contributed by atoms with Crippen LogP contribution in [0.3, 0.4) is 0 Å². The molecule has 0 saturated heterocycles. The van der Waals surface area contributed by atoms with Crippen LogP contribution in [-0.4, -0.2) is 27.7 Å². The third kappa shape index (κ3) is 4.32. The number of anilines is 1. The minimum Gasteiger partial charge on any atom is -0.504 e. The normalized spacial score (nSPS) is 15.3. The lowest BCUT2D eigenvalue weighted by molar-refractivity contribution is -0.113. The van der Waals surface area contributed by atoms with E-state index in [4.69, 9.17) is 4.74 Å². The van der Waals surface area contributed by atoms with Crippen molar-refractivity contribution in [1.82, 2.24) is 9.55 Å². The highest BCUT2D eigenvalue weighted by molar-refractivity contribution is 7.07. The Bertz CT molecular complexity index is 1660. The molecule has 0 spiro atoms. The SMILES string of the molecule is COc1cc([C@H]2C(C(=O)Nc3ccccc3)=C(C)N=c3s/c(=C\c4ccncc4)c(=O)n32)ccc1O. The highest BCUT2D eigenvalue weighted by Gasteiger charge is 2.33. The second-order valence-electron chi connectivity index (χ2n) is 8.11. The Morgan fingerprint density at radius 2 is 1.89 bits per heavy atom. The lowest BCUT2D eigenvalue weighted by atomic mass is 9.94. The van der Waals surface area contributed by atoms with Crippen molar-refractivity contribution < 1.29 is 14.6 Å². The average molecular weight is 499 g/mol. The van der Waals surface area contributed by atoms with Gasteiger partial charge in [-0.2, -0.15) is 0 Å². The van der Waals surface area contributed by atoms with Gasteiger partial charge in [-0.15, -0.1) is 0 Å². The number of amides is 1. The number of nitrogens with one attached hydrogen (secondary N) is 1. The molecule has 8 nitrogen and oxygen atoms in total. The number of phenolic OH excluding ortho intramolecular Hbond substituents is 1. The van der Waals surface area contributed by atoms with E-state index in [-0.39, 0.29) is 23.0 Å². The number of hydrogen-bond donors (Lipinski definition) is 2. The van der Waals surface area contributed by atoms with Crippen LogP contribution >= 0.6 is 11.3 Å². The average Bonchev–Trinajstić information content (AvgIpc) is 3.19. The number of allylic oxidation sites excluding steroid dienone is 1. The maximum atomic E-state index is 13.7. The van der Waals surface area contributed by atoms with Crippen LogP contribution in [0.15, 0.2) is 94.1 Å². The van der Waals surface area contributed by atoms with Crippen LogP contribution in [0.5, 0.6) is 11.5 Å². The minimum absolute atomic E-state index is 0.0395. The Labute approximate surface area is 210 Å². The molecule has 3 heterocycles. The van der Waals surface area contributed by atoms with Crippen molar-refractivity contribution in [2.24, 2.45) is 4.99 Å². The van der Waals surface area contributed by atoms with Gasteiger partial charge < -0.3 is 15.2 Å². The molecule has 1 aliphatic heterocycles. The standard InChI is InChI=1S/C27H22N4O4S/c1-16-23(25(33)30-19-6-4-3-5-7-19)24(18-8-9-20(32)21(15-18)35-2)31-26(34)22(36-27(31)29-16)14-17-10-12-28-13-11-17/h3-15,24,32H,1-2H3,(H,30,33)/b22-14-/t24-/m0/s1. The van der Waals surface area contributed by atoms with E-state index in [1.165, 1.54) is 29.1 Å². The van der Waals surface area contributed by atoms with Crippen molar-refractivity contribution in [1.29, 1.82) is 0 Å². The fraction of sp³-hybridized carbons (Fsp3) is 0.111. The van der Waals surface area contributed by atoms with E-state index in [1.807, 2.05) is 30.3 Å². The van der Waals surface area contributed by atoms with E-state index in [1.54, 1.807) is 49.7 Å². The largest absolute Gasteiger partial charge is 0.504 e. The number of carbonyl (C=O) groups is 1. The molecule has 2 aromatic carbocycles. The maximum Gasteiger partial charge on any atom is 0.271 e. The quantitative estimate of drug-likeness (QED) is 0.440. The third-order valence-electron chi connectivity index (χ3n) is 5.82. The van der Waals surface area contributed by atoms with Crippen molar-refractivity contribution in [2.45, 2.75) is 13.0 Å². The Kier molecular flexibility index (Phi) is 6.22. The number of para-hydroxylation sites is 1. The van der Waals surface area contributed by atoms with Gasteiger partial charge >= 0.3 is 0 Å². The van der Waals surface area contributed by atoms with Crippen molar-refractivity contribution in [3.8, 4) is 11.5 Å². The van der Waals surface area contributed by atoms with Crippen molar-refractivity contribution >= 4 is 29.0 Å². The summed E-state index contributed by atoms with van der Waals surface area (Å²) >= 11 is 1.25. The van der Waals surface area contributed by atoms with Gasteiger partial charge in [-0.1, -0.05) is 35.6 Å². The topological polar surface area (TPSA) is 106 Å². The fourth-order valence-electron chi connectivity index (χ4n) is 4.12. The fourth-order valence-corrected chi connectivity index (χ4v) is 5.17. The summed E-state index contributed by atoms with van der Waals surface area (Å²) in [5.41, 5.74) is 2.61. The minimum atomic E-state index is -0.779. The van der Waals surface area contributed by atoms with Gasteiger partial charge in [0.1, 0.15) is 0 Å². The van der Waals surface area contributed by atoms with E-state index in [0.29, 0.717) is 31.9 Å². The van der Waals surface area contributed by atoms with Gasteiger partial charge in [0.25, 0.3) is 11.5 Å². The molecule has 1 atom stereocenters. The number of fused-ring (bicyclic) bond motifs is 1. The molecular formula is C27H22N4O4S.